The Morgan fingerprint density at radius 2 is 2.00 bits per heavy atom. The molecule has 6 nitrogen and oxygen atoms in total. The molecule has 1 amide bonds. The number of nitrogens with one attached hydrogen (secondary N) is 1. The lowest BCUT2D eigenvalue weighted by Crippen LogP contribution is -2.35. The molecule has 1 saturated heterocycles. The van der Waals surface area contributed by atoms with Crippen LogP contribution in [0.25, 0.3) is 0 Å². The molecule has 1 aliphatic heterocycles. The number of piperidine rings is 1. The molecule has 0 bridgehead atoms. The fraction of sp³-hybridized carbons (Fsp3) is 0.375. The smallest absolute Gasteiger partial charge is 0.244 e. The summed E-state index contributed by atoms with van der Waals surface area (Å²) in [5.74, 6) is 0.464. The zero-order chi connectivity index (χ0) is 20.8. The molecule has 6 heteroatoms. The number of nitrogens with zero attached hydrogens (tertiary/aromatic N) is 4. The second-order valence-electron chi connectivity index (χ2n) is 7.96. The first-order valence-corrected chi connectivity index (χ1v) is 10.7. The molecule has 0 aliphatic carbocycles. The van der Waals surface area contributed by atoms with Crippen LogP contribution in [0, 0.1) is 6.92 Å². The van der Waals surface area contributed by atoms with Crippen molar-refractivity contribution in [3.8, 4) is 0 Å². The summed E-state index contributed by atoms with van der Waals surface area (Å²) < 4.78 is 1.88. The van der Waals surface area contributed by atoms with Crippen LogP contribution in [0.4, 0.5) is 0 Å². The molecular weight excluding hydrogens is 374 g/mol. The van der Waals surface area contributed by atoms with Gasteiger partial charge in [0.05, 0.1) is 12.2 Å². The molecule has 0 saturated carbocycles. The van der Waals surface area contributed by atoms with Crippen molar-refractivity contribution in [3.05, 3.63) is 83.4 Å². The Labute approximate surface area is 177 Å². The van der Waals surface area contributed by atoms with Crippen LogP contribution in [0.3, 0.4) is 0 Å². The van der Waals surface area contributed by atoms with E-state index in [0.29, 0.717) is 19.0 Å². The maximum atomic E-state index is 13.4. The number of aryl methyl sites for hydroxylation is 1. The van der Waals surface area contributed by atoms with E-state index < -0.39 is 0 Å². The maximum Gasteiger partial charge on any atom is 0.244 e. The van der Waals surface area contributed by atoms with E-state index in [-0.39, 0.29) is 12.5 Å². The molecule has 30 heavy (non-hydrogen) atoms. The summed E-state index contributed by atoms with van der Waals surface area (Å²) in [6.07, 6.45) is 4.09. The average Bonchev–Trinajstić information content (AvgIpc) is 3.23. The summed E-state index contributed by atoms with van der Waals surface area (Å²) in [4.78, 5) is 19.8. The van der Waals surface area contributed by atoms with Crippen LogP contribution in [-0.2, 0) is 24.4 Å². The molecule has 0 spiro atoms. The lowest BCUT2D eigenvalue weighted by molar-refractivity contribution is -0.133. The normalized spacial score (nSPS) is 16.4. The van der Waals surface area contributed by atoms with Crippen molar-refractivity contribution in [3.63, 3.8) is 0 Å². The van der Waals surface area contributed by atoms with Gasteiger partial charge in [0.25, 0.3) is 0 Å². The topological polar surface area (TPSA) is 63.1 Å². The quantitative estimate of drug-likeness (QED) is 0.658. The summed E-state index contributed by atoms with van der Waals surface area (Å²) in [6, 6.07) is 18.1. The highest BCUT2D eigenvalue weighted by molar-refractivity contribution is 5.76. The number of carbonyl (C=O) groups excluding carboxylic acids is 1. The second-order valence-corrected chi connectivity index (χ2v) is 7.96. The van der Waals surface area contributed by atoms with Crippen LogP contribution in [0.15, 0.2) is 60.8 Å². The molecule has 1 atom stereocenters. The van der Waals surface area contributed by atoms with Gasteiger partial charge in [0.1, 0.15) is 6.54 Å². The van der Waals surface area contributed by atoms with E-state index >= 15 is 0 Å². The predicted octanol–water partition coefficient (Wildman–Crippen LogP) is 3.28. The number of rotatable bonds is 7. The fourth-order valence-corrected chi connectivity index (χ4v) is 4.07. The molecule has 1 aliphatic rings. The van der Waals surface area contributed by atoms with Gasteiger partial charge in [0, 0.05) is 36.6 Å². The minimum atomic E-state index is 0.0517. The van der Waals surface area contributed by atoms with Crippen molar-refractivity contribution in [1.29, 1.82) is 0 Å². The number of aromatic nitrogens is 3. The number of pyridine rings is 1. The van der Waals surface area contributed by atoms with Gasteiger partial charge in [-0.2, -0.15) is 5.10 Å². The van der Waals surface area contributed by atoms with E-state index in [1.807, 2.05) is 52.9 Å². The average molecular weight is 404 g/mol. The van der Waals surface area contributed by atoms with E-state index in [4.69, 9.17) is 0 Å². The van der Waals surface area contributed by atoms with Crippen molar-refractivity contribution in [1.82, 2.24) is 25.0 Å². The molecular formula is C24H29N5O. The first kappa shape index (κ1) is 20.3. The molecule has 1 fully saturated rings. The molecule has 0 unspecified atom stereocenters. The third-order valence-electron chi connectivity index (χ3n) is 5.62. The molecule has 1 N–H and O–H groups in total. The maximum absolute atomic E-state index is 13.4. The molecule has 4 rings (SSSR count). The summed E-state index contributed by atoms with van der Waals surface area (Å²) in [5, 5.41) is 7.92. The van der Waals surface area contributed by atoms with E-state index in [1.165, 1.54) is 0 Å². The first-order chi connectivity index (χ1) is 14.7. The molecule has 0 radical (unpaired) electrons. The summed E-state index contributed by atoms with van der Waals surface area (Å²) in [6.45, 7) is 5.27. The minimum absolute atomic E-state index is 0.0517. The van der Waals surface area contributed by atoms with Crippen molar-refractivity contribution in [2.24, 2.45) is 0 Å². The molecule has 156 valence electrons. The van der Waals surface area contributed by atoms with Crippen molar-refractivity contribution < 1.29 is 4.79 Å². The monoisotopic (exact) mass is 403 g/mol. The van der Waals surface area contributed by atoms with Crippen molar-refractivity contribution in [2.45, 2.75) is 45.3 Å². The molecule has 3 aromatic rings. The van der Waals surface area contributed by atoms with Crippen LogP contribution in [0.5, 0.6) is 0 Å². The lowest BCUT2D eigenvalue weighted by atomic mass is 9.96. The highest BCUT2D eigenvalue weighted by Gasteiger charge is 2.22. The van der Waals surface area contributed by atoms with Gasteiger partial charge in [-0.1, -0.05) is 36.4 Å². The Balaban J connectivity index is 1.52. The van der Waals surface area contributed by atoms with E-state index in [1.54, 1.807) is 6.20 Å². The van der Waals surface area contributed by atoms with Gasteiger partial charge < -0.3 is 10.2 Å². The standard InChI is InChI=1S/C24H29N5O/c1-19-7-5-11-22(27-19)17-28(16-20-8-3-2-4-9-20)24(30)18-29-23(12-14-26-29)21-10-6-13-25-15-21/h2-5,7-9,11-12,14,21,25H,6,10,13,15-18H2,1H3/t21-/m1/s1. The third-order valence-corrected chi connectivity index (χ3v) is 5.62. The molecule has 3 heterocycles. The van der Waals surface area contributed by atoms with Gasteiger partial charge in [-0.25, -0.2) is 0 Å². The number of hydrogen-bond acceptors (Lipinski definition) is 4. The Bertz CT molecular complexity index is 962. The fourth-order valence-electron chi connectivity index (χ4n) is 4.07. The van der Waals surface area contributed by atoms with Gasteiger partial charge >= 0.3 is 0 Å². The number of carbonyl (C=O) groups is 1. The second kappa shape index (κ2) is 9.67. The Kier molecular flexibility index (Phi) is 6.54. The lowest BCUT2D eigenvalue weighted by Gasteiger charge is -2.26. The van der Waals surface area contributed by atoms with Gasteiger partial charge in [-0.05, 0) is 50.1 Å². The largest absolute Gasteiger partial charge is 0.331 e. The summed E-state index contributed by atoms with van der Waals surface area (Å²) in [5.41, 5.74) is 4.11. The van der Waals surface area contributed by atoms with Crippen LogP contribution in [-0.4, -0.2) is 38.7 Å². The third kappa shape index (κ3) is 5.13. The number of amides is 1. The van der Waals surface area contributed by atoms with Crippen molar-refractivity contribution in [2.75, 3.05) is 13.1 Å². The van der Waals surface area contributed by atoms with Gasteiger partial charge in [-0.15, -0.1) is 0 Å². The molecule has 2 aromatic heterocycles. The Hall–Kier alpha value is -2.99. The van der Waals surface area contributed by atoms with Gasteiger partial charge in [-0.3, -0.25) is 14.5 Å². The van der Waals surface area contributed by atoms with Gasteiger partial charge in [0.15, 0.2) is 0 Å². The van der Waals surface area contributed by atoms with Crippen LogP contribution in [0.2, 0.25) is 0 Å². The van der Waals surface area contributed by atoms with Crippen LogP contribution >= 0.6 is 0 Å². The van der Waals surface area contributed by atoms with Crippen LogP contribution in [0.1, 0.15) is 41.4 Å². The Morgan fingerprint density at radius 3 is 2.77 bits per heavy atom. The number of benzene rings is 1. The van der Waals surface area contributed by atoms with E-state index in [2.05, 4.69) is 33.6 Å². The summed E-state index contributed by atoms with van der Waals surface area (Å²) >= 11 is 0. The Morgan fingerprint density at radius 1 is 1.13 bits per heavy atom. The van der Waals surface area contributed by atoms with Crippen LogP contribution < -0.4 is 5.32 Å². The number of hydrogen-bond donors (Lipinski definition) is 1. The minimum Gasteiger partial charge on any atom is -0.331 e. The van der Waals surface area contributed by atoms with Gasteiger partial charge in [0.2, 0.25) is 5.91 Å². The predicted molar refractivity (Wildman–Crippen MR) is 117 cm³/mol. The summed E-state index contributed by atoms with van der Waals surface area (Å²) in [7, 11) is 0. The first-order valence-electron chi connectivity index (χ1n) is 10.7. The van der Waals surface area contributed by atoms with E-state index in [0.717, 1.165) is 48.6 Å². The van der Waals surface area contributed by atoms with E-state index in [9.17, 15) is 4.79 Å². The SMILES string of the molecule is Cc1cccc(CN(Cc2ccccc2)C(=O)Cn2nccc2[C@@H]2CCCNC2)n1. The van der Waals surface area contributed by atoms with Crippen molar-refractivity contribution >= 4 is 5.91 Å². The molecule has 1 aromatic carbocycles. The zero-order valence-corrected chi connectivity index (χ0v) is 17.5. The zero-order valence-electron chi connectivity index (χ0n) is 17.5. The highest BCUT2D eigenvalue weighted by atomic mass is 16.2. The highest BCUT2D eigenvalue weighted by Crippen LogP contribution is 2.23.